The number of rotatable bonds is 6. The van der Waals surface area contributed by atoms with Gasteiger partial charge < -0.3 is 9.64 Å². The average molecular weight is 437 g/mol. The molecule has 162 valence electrons. The molecule has 1 amide bonds. The van der Waals surface area contributed by atoms with Crippen LogP contribution in [0.15, 0.2) is 29.2 Å². The molecule has 1 fully saturated rings. The summed E-state index contributed by atoms with van der Waals surface area (Å²) in [4.78, 5) is 25.8. The van der Waals surface area contributed by atoms with Crippen molar-refractivity contribution in [2.45, 2.75) is 11.1 Å². The van der Waals surface area contributed by atoms with E-state index < -0.39 is 28.1 Å². The first-order valence-electron chi connectivity index (χ1n) is 8.71. The van der Waals surface area contributed by atoms with E-state index in [1.165, 1.54) is 38.4 Å². The lowest BCUT2D eigenvalue weighted by molar-refractivity contribution is -0.187. The van der Waals surface area contributed by atoms with Crippen molar-refractivity contribution < 1.29 is 35.9 Å². The Labute approximate surface area is 166 Å². The molecule has 0 aromatic heterocycles. The van der Waals surface area contributed by atoms with Gasteiger partial charge in [-0.05, 0) is 24.3 Å². The Morgan fingerprint density at radius 3 is 2.10 bits per heavy atom. The van der Waals surface area contributed by atoms with Gasteiger partial charge in [-0.15, -0.1) is 0 Å². The summed E-state index contributed by atoms with van der Waals surface area (Å²) in [6.07, 6.45) is -4.88. The van der Waals surface area contributed by atoms with Gasteiger partial charge in [0.2, 0.25) is 10.0 Å². The normalized spacial score (nSPS) is 16.1. The second-order valence-corrected chi connectivity index (χ2v) is 8.73. The first kappa shape index (κ1) is 23.1. The zero-order valence-electron chi connectivity index (χ0n) is 16.0. The standard InChI is InChI=1S/C17H22F3N3O5S/c1-21(2)29(26,27)14-5-3-13(4-6-14)15(24)28-12-11-22-7-9-23(10-8-22)16(25)17(18,19)20/h3-6H,7-12H2,1-2H3. The molecule has 0 N–H and O–H groups in total. The van der Waals surface area contributed by atoms with Crippen LogP contribution in [0.1, 0.15) is 10.4 Å². The first-order chi connectivity index (χ1) is 13.4. The maximum atomic E-state index is 12.4. The highest BCUT2D eigenvalue weighted by Gasteiger charge is 2.43. The third kappa shape index (κ3) is 5.90. The highest BCUT2D eigenvalue weighted by Crippen LogP contribution is 2.19. The van der Waals surface area contributed by atoms with Crippen LogP contribution in [0.4, 0.5) is 13.2 Å². The number of hydrogen-bond donors (Lipinski definition) is 0. The van der Waals surface area contributed by atoms with Crippen LogP contribution >= 0.6 is 0 Å². The van der Waals surface area contributed by atoms with Crippen LogP contribution in [0.2, 0.25) is 0 Å². The summed E-state index contributed by atoms with van der Waals surface area (Å²) >= 11 is 0. The maximum Gasteiger partial charge on any atom is 0.471 e. The van der Waals surface area contributed by atoms with Crippen molar-refractivity contribution >= 4 is 21.9 Å². The van der Waals surface area contributed by atoms with E-state index >= 15 is 0 Å². The van der Waals surface area contributed by atoms with Gasteiger partial charge in [0.25, 0.3) is 0 Å². The minimum absolute atomic E-state index is 0.0177. The number of ether oxygens (including phenoxy) is 1. The molecule has 0 spiro atoms. The number of esters is 1. The molecule has 0 bridgehead atoms. The van der Waals surface area contributed by atoms with Crippen molar-refractivity contribution in [1.29, 1.82) is 0 Å². The molecule has 0 saturated carbocycles. The number of alkyl halides is 3. The van der Waals surface area contributed by atoms with Crippen molar-refractivity contribution in [3.8, 4) is 0 Å². The minimum atomic E-state index is -4.88. The van der Waals surface area contributed by atoms with Crippen LogP contribution in [0.3, 0.4) is 0 Å². The minimum Gasteiger partial charge on any atom is -0.461 e. The lowest BCUT2D eigenvalue weighted by Gasteiger charge is -2.34. The number of hydrogen-bond acceptors (Lipinski definition) is 6. The molecule has 1 saturated heterocycles. The number of carbonyl (C=O) groups excluding carboxylic acids is 2. The molecule has 0 atom stereocenters. The van der Waals surface area contributed by atoms with E-state index in [0.717, 1.165) is 9.21 Å². The van der Waals surface area contributed by atoms with Crippen molar-refractivity contribution in [1.82, 2.24) is 14.1 Å². The molecule has 1 heterocycles. The molecule has 12 heteroatoms. The molecular weight excluding hydrogens is 415 g/mol. The van der Waals surface area contributed by atoms with Crippen molar-refractivity contribution in [2.24, 2.45) is 0 Å². The predicted molar refractivity (Wildman–Crippen MR) is 96.7 cm³/mol. The zero-order valence-corrected chi connectivity index (χ0v) is 16.8. The smallest absolute Gasteiger partial charge is 0.461 e. The number of benzene rings is 1. The van der Waals surface area contributed by atoms with E-state index in [0.29, 0.717) is 6.54 Å². The molecule has 29 heavy (non-hydrogen) atoms. The van der Waals surface area contributed by atoms with Gasteiger partial charge >= 0.3 is 18.1 Å². The molecule has 0 radical (unpaired) electrons. The second kappa shape index (κ2) is 9.09. The summed E-state index contributed by atoms with van der Waals surface area (Å²) in [5, 5.41) is 0. The Balaban J connectivity index is 1.79. The van der Waals surface area contributed by atoms with Crippen LogP contribution in [0, 0.1) is 0 Å². The predicted octanol–water partition coefficient (Wildman–Crippen LogP) is 0.800. The summed E-state index contributed by atoms with van der Waals surface area (Å²) in [6, 6.07) is 5.31. The van der Waals surface area contributed by atoms with Gasteiger partial charge in [0.05, 0.1) is 10.5 Å². The summed E-state index contributed by atoms with van der Waals surface area (Å²) < 4.78 is 67.4. The van der Waals surface area contributed by atoms with Crippen LogP contribution in [-0.2, 0) is 19.6 Å². The number of halogens is 3. The summed E-state index contributed by atoms with van der Waals surface area (Å²) in [6.45, 7) is 0.728. The lowest BCUT2D eigenvalue weighted by Crippen LogP contribution is -2.52. The Morgan fingerprint density at radius 1 is 1.07 bits per heavy atom. The van der Waals surface area contributed by atoms with Crippen molar-refractivity contribution in [3.63, 3.8) is 0 Å². The van der Waals surface area contributed by atoms with Gasteiger partial charge in [-0.1, -0.05) is 0 Å². The summed E-state index contributed by atoms with van der Waals surface area (Å²) in [5.41, 5.74) is 0.184. The second-order valence-electron chi connectivity index (χ2n) is 6.58. The monoisotopic (exact) mass is 437 g/mol. The topological polar surface area (TPSA) is 87.2 Å². The molecule has 1 aliphatic rings. The fourth-order valence-electron chi connectivity index (χ4n) is 2.68. The third-order valence-corrected chi connectivity index (χ3v) is 6.24. The summed E-state index contributed by atoms with van der Waals surface area (Å²) in [7, 11) is -0.796. The van der Waals surface area contributed by atoms with E-state index in [4.69, 9.17) is 4.74 Å². The Bertz CT molecular complexity index is 833. The number of sulfonamides is 1. The number of piperazine rings is 1. The van der Waals surface area contributed by atoms with Gasteiger partial charge in [-0.25, -0.2) is 17.5 Å². The van der Waals surface area contributed by atoms with Crippen LogP contribution in [0.5, 0.6) is 0 Å². The van der Waals surface area contributed by atoms with Gasteiger partial charge in [0.1, 0.15) is 6.61 Å². The molecule has 8 nitrogen and oxygen atoms in total. The Kier molecular flexibility index (Phi) is 7.25. The number of nitrogens with zero attached hydrogens (tertiary/aromatic N) is 3. The van der Waals surface area contributed by atoms with Crippen LogP contribution in [0.25, 0.3) is 0 Å². The zero-order chi connectivity index (χ0) is 21.8. The average Bonchev–Trinajstić information content (AvgIpc) is 2.67. The lowest BCUT2D eigenvalue weighted by atomic mass is 10.2. The van der Waals surface area contributed by atoms with Crippen LogP contribution in [-0.4, -0.2) is 94.0 Å². The number of carbonyl (C=O) groups is 2. The Hall–Kier alpha value is -2.18. The van der Waals surface area contributed by atoms with Gasteiger partial charge in [0.15, 0.2) is 0 Å². The van der Waals surface area contributed by atoms with Crippen molar-refractivity contribution in [3.05, 3.63) is 29.8 Å². The van der Waals surface area contributed by atoms with E-state index in [1.807, 2.05) is 0 Å². The molecule has 0 aliphatic carbocycles. The molecule has 2 rings (SSSR count). The fraction of sp³-hybridized carbons (Fsp3) is 0.529. The molecular formula is C17H22F3N3O5S. The van der Waals surface area contributed by atoms with Gasteiger partial charge in [0, 0.05) is 46.8 Å². The van der Waals surface area contributed by atoms with E-state index in [9.17, 15) is 31.2 Å². The van der Waals surface area contributed by atoms with E-state index in [2.05, 4.69) is 0 Å². The highest BCUT2D eigenvalue weighted by molar-refractivity contribution is 7.89. The third-order valence-electron chi connectivity index (χ3n) is 4.41. The molecule has 1 aromatic rings. The van der Waals surface area contributed by atoms with Crippen LogP contribution < -0.4 is 0 Å². The quantitative estimate of drug-likeness (QED) is 0.612. The molecule has 0 unspecified atom stereocenters. The fourth-order valence-corrected chi connectivity index (χ4v) is 3.58. The number of amides is 1. The van der Waals surface area contributed by atoms with Crippen molar-refractivity contribution in [2.75, 3.05) is 53.4 Å². The first-order valence-corrected chi connectivity index (χ1v) is 10.1. The maximum absolute atomic E-state index is 12.4. The van der Waals surface area contributed by atoms with Gasteiger partial charge in [-0.3, -0.25) is 9.69 Å². The van der Waals surface area contributed by atoms with Gasteiger partial charge in [-0.2, -0.15) is 13.2 Å². The van der Waals surface area contributed by atoms with E-state index in [1.54, 1.807) is 4.90 Å². The SMILES string of the molecule is CN(C)S(=O)(=O)c1ccc(C(=O)OCCN2CCN(C(=O)C(F)(F)F)CC2)cc1. The highest BCUT2D eigenvalue weighted by atomic mass is 32.2. The Morgan fingerprint density at radius 2 is 1.62 bits per heavy atom. The van der Waals surface area contributed by atoms with E-state index in [-0.39, 0.29) is 43.2 Å². The summed E-state index contributed by atoms with van der Waals surface area (Å²) in [5.74, 6) is -2.48. The molecule has 1 aliphatic heterocycles. The largest absolute Gasteiger partial charge is 0.471 e. The molecule has 1 aromatic carbocycles.